The van der Waals surface area contributed by atoms with Crippen LogP contribution >= 0.6 is 0 Å². The Labute approximate surface area is 291 Å². The summed E-state index contributed by atoms with van der Waals surface area (Å²) in [7, 11) is 0. The molecule has 9 nitrogen and oxygen atoms in total. The number of carbonyl (C=O) groups is 1. The summed E-state index contributed by atoms with van der Waals surface area (Å²) in [5, 5.41) is 16.5. The average Bonchev–Trinajstić information content (AvgIpc) is 3.85. The highest BCUT2D eigenvalue weighted by Gasteiger charge is 2.51. The van der Waals surface area contributed by atoms with Gasteiger partial charge in [-0.05, 0) is 124 Å². The molecule has 1 aliphatic carbocycles. The molecule has 4 atom stereocenters. The van der Waals surface area contributed by atoms with Gasteiger partial charge in [0.25, 0.3) is 0 Å². The van der Waals surface area contributed by atoms with Crippen molar-refractivity contribution in [3.8, 4) is 22.9 Å². The van der Waals surface area contributed by atoms with Gasteiger partial charge in [-0.1, -0.05) is 30.3 Å². The fourth-order valence-electron chi connectivity index (χ4n) is 10.9. The third-order valence-electron chi connectivity index (χ3n) is 13.2. The second-order valence-electron chi connectivity index (χ2n) is 15.9. The van der Waals surface area contributed by atoms with E-state index in [1.807, 2.05) is 30.3 Å². The molecule has 0 radical (unpaired) electrons. The molecule has 0 spiro atoms. The van der Waals surface area contributed by atoms with E-state index in [-0.39, 0.29) is 40.8 Å². The molecule has 5 saturated heterocycles. The Bertz CT molecular complexity index is 1970. The lowest BCUT2D eigenvalue weighted by Gasteiger charge is -2.44. The van der Waals surface area contributed by atoms with Crippen molar-refractivity contribution in [2.75, 3.05) is 50.8 Å². The Hall–Kier alpha value is -4.02. The molecular formula is C40H45FN6O3. The van der Waals surface area contributed by atoms with Gasteiger partial charge in [-0.3, -0.25) is 9.69 Å². The summed E-state index contributed by atoms with van der Waals surface area (Å²) in [4.78, 5) is 31.1. The number of phenols is 1. The summed E-state index contributed by atoms with van der Waals surface area (Å²) < 4.78 is 23.5. The van der Waals surface area contributed by atoms with Crippen LogP contribution in [-0.2, 0) is 4.79 Å². The molecular weight excluding hydrogens is 631 g/mol. The van der Waals surface area contributed by atoms with Crippen molar-refractivity contribution in [1.29, 1.82) is 0 Å². The Morgan fingerprint density at radius 1 is 0.920 bits per heavy atom. The molecule has 260 valence electrons. The summed E-state index contributed by atoms with van der Waals surface area (Å²) in [5.41, 5.74) is 1.22. The predicted octanol–water partition coefficient (Wildman–Crippen LogP) is 5.73. The van der Waals surface area contributed by atoms with Gasteiger partial charge in [0.05, 0.1) is 5.54 Å². The molecule has 4 bridgehead atoms. The number of amides is 1. The van der Waals surface area contributed by atoms with E-state index in [0.29, 0.717) is 59.8 Å². The topological polar surface area (TPSA) is 94.1 Å². The smallest absolute Gasteiger partial charge is 0.319 e. The second kappa shape index (κ2) is 11.8. The van der Waals surface area contributed by atoms with Crippen LogP contribution in [0.4, 0.5) is 10.2 Å². The first-order valence-corrected chi connectivity index (χ1v) is 18.8. The number of anilines is 1. The van der Waals surface area contributed by atoms with E-state index in [1.165, 1.54) is 0 Å². The van der Waals surface area contributed by atoms with Gasteiger partial charge >= 0.3 is 6.01 Å². The van der Waals surface area contributed by atoms with Crippen LogP contribution in [0.25, 0.3) is 32.8 Å². The third kappa shape index (κ3) is 4.81. The summed E-state index contributed by atoms with van der Waals surface area (Å²) >= 11 is 0. The summed E-state index contributed by atoms with van der Waals surface area (Å²) in [6, 6.07) is 15.2. The van der Waals surface area contributed by atoms with Gasteiger partial charge < -0.3 is 25.0 Å². The summed E-state index contributed by atoms with van der Waals surface area (Å²) in [6.45, 7) is 5.88. The normalized spacial score (nSPS) is 28.5. The van der Waals surface area contributed by atoms with E-state index in [2.05, 4.69) is 20.0 Å². The third-order valence-corrected chi connectivity index (χ3v) is 13.2. The van der Waals surface area contributed by atoms with Crippen molar-refractivity contribution in [2.45, 2.75) is 69.0 Å². The van der Waals surface area contributed by atoms with E-state index >= 15 is 4.39 Å². The minimum atomic E-state index is -0.452. The number of nitrogens with one attached hydrogen (secondary N) is 1. The molecule has 4 aromatic rings. The first kappa shape index (κ1) is 30.8. The van der Waals surface area contributed by atoms with Gasteiger partial charge in [-0.15, -0.1) is 0 Å². The second-order valence-corrected chi connectivity index (χ2v) is 15.9. The highest BCUT2D eigenvalue weighted by atomic mass is 19.1. The average molecular weight is 677 g/mol. The maximum atomic E-state index is 17.0. The molecule has 6 aliphatic rings. The highest BCUT2D eigenvalue weighted by Crippen LogP contribution is 2.45. The molecule has 2 N–H and O–H groups in total. The lowest BCUT2D eigenvalue weighted by Crippen LogP contribution is -2.59. The first-order chi connectivity index (χ1) is 24.5. The molecule has 10 rings (SSSR count). The van der Waals surface area contributed by atoms with Crippen LogP contribution in [0.1, 0.15) is 51.4 Å². The van der Waals surface area contributed by atoms with Crippen molar-refractivity contribution >= 4 is 33.4 Å². The minimum Gasteiger partial charge on any atom is -0.508 e. The largest absolute Gasteiger partial charge is 0.508 e. The molecule has 5 aliphatic heterocycles. The Kier molecular flexibility index (Phi) is 7.24. The number of aromatic hydroxyl groups is 1. The van der Waals surface area contributed by atoms with E-state index in [4.69, 9.17) is 14.7 Å². The van der Waals surface area contributed by atoms with Crippen LogP contribution in [-0.4, -0.2) is 94.3 Å². The molecule has 50 heavy (non-hydrogen) atoms. The van der Waals surface area contributed by atoms with Gasteiger partial charge in [-0.2, -0.15) is 9.97 Å². The van der Waals surface area contributed by atoms with Crippen LogP contribution in [0.3, 0.4) is 0 Å². The maximum Gasteiger partial charge on any atom is 0.319 e. The van der Waals surface area contributed by atoms with E-state index in [1.54, 1.807) is 18.2 Å². The van der Waals surface area contributed by atoms with Crippen molar-refractivity contribution < 1.29 is 19.0 Å². The standard InChI is InChI=1S/C40H45FN6O3/c41-35-31(33-18-29(48)17-24-5-1-2-6-30(24)33)11-12-32-36(35)43-39(50-23-40-13-3-15-46(40)16-4-14-40)44-37(32)45-21-27-9-10-28(22-45)47(27)38(49)34-25-7-8-26(34)20-42-19-25/h1-2,5-6,11-12,17-18,25-28,34,42,48H,3-4,7-10,13-16,19-23H2/t25?,26?,27-,28+,34?. The maximum absolute atomic E-state index is 17.0. The highest BCUT2D eigenvalue weighted by molar-refractivity contribution is 6.01. The van der Waals surface area contributed by atoms with Gasteiger partial charge in [0.2, 0.25) is 5.91 Å². The van der Waals surface area contributed by atoms with E-state index < -0.39 is 5.82 Å². The number of hydrogen-bond acceptors (Lipinski definition) is 8. The summed E-state index contributed by atoms with van der Waals surface area (Å²) in [5.74, 6) is 1.69. The van der Waals surface area contributed by atoms with Crippen LogP contribution in [0, 0.1) is 23.6 Å². The van der Waals surface area contributed by atoms with Crippen molar-refractivity contribution in [3.05, 3.63) is 54.3 Å². The predicted molar refractivity (Wildman–Crippen MR) is 191 cm³/mol. The van der Waals surface area contributed by atoms with Crippen LogP contribution in [0.2, 0.25) is 0 Å². The molecule has 2 unspecified atom stereocenters. The summed E-state index contributed by atoms with van der Waals surface area (Å²) in [6.07, 6.45) is 8.74. The fourth-order valence-corrected chi connectivity index (χ4v) is 10.9. The zero-order chi connectivity index (χ0) is 33.6. The first-order valence-electron chi connectivity index (χ1n) is 18.8. The number of nitrogens with zero attached hydrogens (tertiary/aromatic N) is 5. The van der Waals surface area contributed by atoms with Crippen molar-refractivity contribution in [1.82, 2.24) is 25.1 Å². The fraction of sp³-hybridized carbons (Fsp3) is 0.525. The SMILES string of the molecule is O=C(C1C2CCC1CNC2)N1[C@@H]2CC[C@H]1CN(c1nc(OCC34CCCN3CCC4)nc3c(F)c(-c4cc(O)cc5ccccc45)ccc13)C2. The zero-order valence-corrected chi connectivity index (χ0v) is 28.5. The molecule has 3 aromatic carbocycles. The lowest BCUT2D eigenvalue weighted by atomic mass is 9.84. The monoisotopic (exact) mass is 676 g/mol. The number of rotatable bonds is 6. The number of benzene rings is 3. The van der Waals surface area contributed by atoms with Crippen LogP contribution < -0.4 is 15.0 Å². The Balaban J connectivity index is 1.03. The van der Waals surface area contributed by atoms with E-state index in [0.717, 1.165) is 88.3 Å². The Morgan fingerprint density at radius 2 is 1.66 bits per heavy atom. The zero-order valence-electron chi connectivity index (χ0n) is 28.5. The van der Waals surface area contributed by atoms with Crippen molar-refractivity contribution in [3.63, 3.8) is 0 Å². The van der Waals surface area contributed by atoms with Gasteiger partial charge in [0, 0.05) is 42.0 Å². The number of phenolic OH excluding ortho intramolecular Hbond substituents is 1. The van der Waals surface area contributed by atoms with Gasteiger partial charge in [-0.25, -0.2) is 4.39 Å². The van der Waals surface area contributed by atoms with Crippen LogP contribution in [0.5, 0.6) is 11.8 Å². The van der Waals surface area contributed by atoms with E-state index in [9.17, 15) is 9.90 Å². The van der Waals surface area contributed by atoms with Gasteiger partial charge in [0.1, 0.15) is 23.7 Å². The number of aromatic nitrogens is 2. The molecule has 6 heterocycles. The number of piperidine rings is 1. The Morgan fingerprint density at radius 3 is 2.42 bits per heavy atom. The molecule has 10 heteroatoms. The number of fused-ring (bicyclic) bond motifs is 7. The van der Waals surface area contributed by atoms with Crippen molar-refractivity contribution in [2.24, 2.45) is 17.8 Å². The number of carbonyl (C=O) groups excluding carboxylic acids is 1. The van der Waals surface area contributed by atoms with Crippen LogP contribution in [0.15, 0.2) is 48.5 Å². The number of hydrogen-bond donors (Lipinski definition) is 2. The number of halogens is 1. The molecule has 1 aromatic heterocycles. The van der Waals surface area contributed by atoms with Gasteiger partial charge in [0.15, 0.2) is 5.82 Å². The lowest BCUT2D eigenvalue weighted by molar-refractivity contribution is -0.142. The number of ether oxygens (including phenoxy) is 1. The number of piperazine rings is 1. The molecule has 1 saturated carbocycles. The quantitative estimate of drug-likeness (QED) is 0.268. The molecule has 6 fully saturated rings. The molecule has 1 amide bonds. The minimum absolute atomic E-state index is 0.00148.